The molecule has 0 aromatic heterocycles. The van der Waals surface area contributed by atoms with Gasteiger partial charge in [0.1, 0.15) is 0 Å². The Morgan fingerprint density at radius 2 is 1.67 bits per heavy atom. The molecule has 1 heteroatoms. The van der Waals surface area contributed by atoms with Crippen LogP contribution in [-0.2, 0) is 0 Å². The number of rotatable bonds is 4. The lowest BCUT2D eigenvalue weighted by Gasteiger charge is -2.44. The van der Waals surface area contributed by atoms with Gasteiger partial charge in [-0.05, 0) is 61.7 Å². The molecule has 2 rings (SSSR count). The maximum absolute atomic E-state index is 3.89. The molecule has 0 aliphatic heterocycles. The molecule has 0 amide bonds. The number of nitrogens with one attached hydrogen (secondary N) is 1. The molecule has 0 aromatic rings. The van der Waals surface area contributed by atoms with Crippen LogP contribution in [0.25, 0.3) is 0 Å². The summed E-state index contributed by atoms with van der Waals surface area (Å²) in [7, 11) is 0. The zero-order valence-corrected chi connectivity index (χ0v) is 13.0. The van der Waals surface area contributed by atoms with Crippen molar-refractivity contribution >= 4 is 0 Å². The highest BCUT2D eigenvalue weighted by Crippen LogP contribution is 2.43. The van der Waals surface area contributed by atoms with Gasteiger partial charge in [0.05, 0.1) is 0 Å². The molecule has 1 nitrogen and oxygen atoms in total. The van der Waals surface area contributed by atoms with Gasteiger partial charge in [0.2, 0.25) is 0 Å². The van der Waals surface area contributed by atoms with Crippen LogP contribution in [0.5, 0.6) is 0 Å². The molecule has 0 aromatic carbocycles. The smallest absolute Gasteiger partial charge is 0.00675 e. The minimum Gasteiger partial charge on any atom is -0.313 e. The van der Waals surface area contributed by atoms with Crippen LogP contribution in [0.2, 0.25) is 0 Å². The Balaban J connectivity index is 1.71. The first-order valence-electron chi connectivity index (χ1n) is 8.19. The van der Waals surface area contributed by atoms with Gasteiger partial charge < -0.3 is 5.32 Å². The molecule has 2 saturated carbocycles. The van der Waals surface area contributed by atoms with E-state index in [-0.39, 0.29) is 0 Å². The van der Waals surface area contributed by atoms with Crippen molar-refractivity contribution in [3.8, 4) is 0 Å². The monoisotopic (exact) mass is 251 g/mol. The third kappa shape index (κ3) is 3.29. The van der Waals surface area contributed by atoms with Crippen LogP contribution in [0.3, 0.4) is 0 Å². The second kappa shape index (κ2) is 5.53. The van der Waals surface area contributed by atoms with Gasteiger partial charge in [-0.1, -0.05) is 34.1 Å². The summed E-state index contributed by atoms with van der Waals surface area (Å²) in [6.45, 7) is 10.9. The van der Waals surface area contributed by atoms with Gasteiger partial charge in [0.25, 0.3) is 0 Å². The molecular weight excluding hydrogens is 218 g/mol. The lowest BCUT2D eigenvalue weighted by molar-refractivity contribution is 0.105. The average Bonchev–Trinajstić information content (AvgIpc) is 2.28. The van der Waals surface area contributed by atoms with Gasteiger partial charge in [-0.3, -0.25) is 0 Å². The van der Waals surface area contributed by atoms with Crippen LogP contribution in [0, 0.1) is 16.7 Å². The maximum Gasteiger partial charge on any atom is 0.00675 e. The van der Waals surface area contributed by atoms with Gasteiger partial charge in [0.15, 0.2) is 0 Å². The van der Waals surface area contributed by atoms with Crippen LogP contribution in [-0.4, -0.2) is 12.6 Å². The van der Waals surface area contributed by atoms with Crippen molar-refractivity contribution in [1.82, 2.24) is 5.32 Å². The van der Waals surface area contributed by atoms with Gasteiger partial charge in [-0.25, -0.2) is 0 Å². The molecule has 0 bridgehead atoms. The van der Waals surface area contributed by atoms with Crippen molar-refractivity contribution in [2.24, 2.45) is 16.7 Å². The molecule has 0 heterocycles. The summed E-state index contributed by atoms with van der Waals surface area (Å²) in [6, 6.07) is 0.813. The Labute approximate surface area is 114 Å². The van der Waals surface area contributed by atoms with Crippen LogP contribution < -0.4 is 5.32 Å². The minimum absolute atomic E-state index is 0.517. The number of hydrogen-bond donors (Lipinski definition) is 1. The highest BCUT2D eigenvalue weighted by Gasteiger charge is 2.36. The fourth-order valence-corrected chi connectivity index (χ4v) is 3.86. The summed E-state index contributed by atoms with van der Waals surface area (Å²) in [5.41, 5.74) is 1.20. The first-order chi connectivity index (χ1) is 8.45. The first-order valence-corrected chi connectivity index (χ1v) is 8.19. The summed E-state index contributed by atoms with van der Waals surface area (Å²) in [4.78, 5) is 0. The highest BCUT2D eigenvalue weighted by molar-refractivity contribution is 4.90. The standard InChI is InChI=1S/C17H33N/c1-5-17(11-6-12-17)13-18-15-9-7-14(8-10-15)16(2,3)4/h14-15,18H,5-13H2,1-4H3. The Morgan fingerprint density at radius 1 is 1.06 bits per heavy atom. The summed E-state index contributed by atoms with van der Waals surface area (Å²) < 4.78 is 0. The summed E-state index contributed by atoms with van der Waals surface area (Å²) in [5, 5.41) is 3.89. The Bertz CT molecular complexity index is 246. The van der Waals surface area contributed by atoms with Crippen molar-refractivity contribution < 1.29 is 0 Å². The first kappa shape index (κ1) is 14.4. The van der Waals surface area contributed by atoms with Crippen molar-refractivity contribution in [1.29, 1.82) is 0 Å². The SMILES string of the molecule is CCC1(CNC2CCC(C(C)(C)C)CC2)CCC1. The van der Waals surface area contributed by atoms with Gasteiger partial charge in [-0.15, -0.1) is 0 Å². The Hall–Kier alpha value is -0.0400. The van der Waals surface area contributed by atoms with E-state index in [9.17, 15) is 0 Å². The van der Waals surface area contributed by atoms with E-state index in [1.54, 1.807) is 0 Å². The molecule has 2 aliphatic rings. The van der Waals surface area contributed by atoms with Crippen LogP contribution in [0.4, 0.5) is 0 Å². The molecule has 106 valence electrons. The summed E-state index contributed by atoms with van der Waals surface area (Å²) >= 11 is 0. The van der Waals surface area contributed by atoms with Crippen LogP contribution in [0.15, 0.2) is 0 Å². The van der Waals surface area contributed by atoms with E-state index in [4.69, 9.17) is 0 Å². The highest BCUT2D eigenvalue weighted by atomic mass is 14.9. The molecule has 1 N–H and O–H groups in total. The normalized spacial score (nSPS) is 32.0. The largest absolute Gasteiger partial charge is 0.313 e. The molecule has 0 saturated heterocycles. The van der Waals surface area contributed by atoms with E-state index in [0.29, 0.717) is 10.8 Å². The van der Waals surface area contributed by atoms with Gasteiger partial charge >= 0.3 is 0 Å². The predicted molar refractivity (Wildman–Crippen MR) is 79.8 cm³/mol. The fraction of sp³-hybridized carbons (Fsp3) is 1.00. The maximum atomic E-state index is 3.89. The molecule has 18 heavy (non-hydrogen) atoms. The third-order valence-corrected chi connectivity index (χ3v) is 5.88. The number of hydrogen-bond acceptors (Lipinski definition) is 1. The predicted octanol–water partition coefficient (Wildman–Crippen LogP) is 4.76. The molecular formula is C17H33N. The molecule has 0 atom stereocenters. The summed E-state index contributed by atoms with van der Waals surface area (Å²) in [6.07, 6.45) is 11.4. The topological polar surface area (TPSA) is 12.0 Å². The van der Waals surface area contributed by atoms with E-state index in [0.717, 1.165) is 12.0 Å². The quantitative estimate of drug-likeness (QED) is 0.759. The van der Waals surface area contributed by atoms with Crippen molar-refractivity contribution in [2.75, 3.05) is 6.54 Å². The lowest BCUT2D eigenvalue weighted by atomic mass is 9.66. The molecule has 0 radical (unpaired) electrons. The van der Waals surface area contributed by atoms with Crippen molar-refractivity contribution in [2.45, 2.75) is 85.1 Å². The van der Waals surface area contributed by atoms with E-state index < -0.39 is 0 Å². The van der Waals surface area contributed by atoms with E-state index in [1.807, 2.05) is 0 Å². The zero-order chi connectivity index (χ0) is 13.2. The molecule has 0 spiro atoms. The minimum atomic E-state index is 0.517. The summed E-state index contributed by atoms with van der Waals surface area (Å²) in [5.74, 6) is 0.944. The molecule has 0 unspecified atom stereocenters. The van der Waals surface area contributed by atoms with Crippen molar-refractivity contribution in [3.63, 3.8) is 0 Å². The Morgan fingerprint density at radius 3 is 2.06 bits per heavy atom. The van der Waals surface area contributed by atoms with Crippen LogP contribution >= 0.6 is 0 Å². The van der Waals surface area contributed by atoms with Crippen LogP contribution in [0.1, 0.15) is 79.1 Å². The second-order valence-electron chi connectivity index (χ2n) is 8.00. The average molecular weight is 251 g/mol. The molecule has 2 aliphatic carbocycles. The fourth-order valence-electron chi connectivity index (χ4n) is 3.86. The van der Waals surface area contributed by atoms with E-state index >= 15 is 0 Å². The third-order valence-electron chi connectivity index (χ3n) is 5.88. The van der Waals surface area contributed by atoms with E-state index in [2.05, 4.69) is 33.0 Å². The van der Waals surface area contributed by atoms with Crippen molar-refractivity contribution in [3.05, 3.63) is 0 Å². The molecule has 2 fully saturated rings. The Kier molecular flexibility index (Phi) is 4.41. The zero-order valence-electron chi connectivity index (χ0n) is 13.0. The van der Waals surface area contributed by atoms with Gasteiger partial charge in [-0.2, -0.15) is 0 Å². The lowest BCUT2D eigenvalue weighted by Crippen LogP contribution is -2.45. The second-order valence-corrected chi connectivity index (χ2v) is 8.00. The van der Waals surface area contributed by atoms with E-state index in [1.165, 1.54) is 57.9 Å². The van der Waals surface area contributed by atoms with Gasteiger partial charge in [0, 0.05) is 12.6 Å².